The van der Waals surface area contributed by atoms with Crippen molar-refractivity contribution in [1.29, 1.82) is 0 Å². The minimum absolute atomic E-state index is 0.0262. The normalized spacial score (nSPS) is 29.4. The highest BCUT2D eigenvalue weighted by molar-refractivity contribution is 5.55. The Balaban J connectivity index is 2.98. The van der Waals surface area contributed by atoms with E-state index in [9.17, 15) is 28.2 Å². The number of hydrogen-bond donors (Lipinski definition) is 1. The maximum Gasteiger partial charge on any atom is 0.401 e. The topological polar surface area (TPSA) is 63.6 Å². The number of carbonyl (C=O) groups is 1. The van der Waals surface area contributed by atoms with Crippen molar-refractivity contribution >= 4 is 6.09 Å². The smallest absolute Gasteiger partial charge is 0.401 e. The molecule has 0 aromatic carbocycles. The van der Waals surface area contributed by atoms with E-state index in [0.717, 1.165) is 4.90 Å². The van der Waals surface area contributed by atoms with Gasteiger partial charge in [-0.2, -0.15) is 13.2 Å². The molecule has 0 spiro atoms. The van der Waals surface area contributed by atoms with Gasteiger partial charge >= 0.3 is 6.18 Å². The molecule has 1 aliphatic rings. The molecule has 1 heterocycles. The summed E-state index contributed by atoms with van der Waals surface area (Å²) in [5.41, 5.74) is -0.712. The van der Waals surface area contributed by atoms with Gasteiger partial charge in [0.2, 0.25) is 0 Å². The standard InChI is InChI=1S/C12H21F3N2O3/c1-11(2,3)17(10(19)20)5-4-16(8-12(13,14)15)9(6-17)7-18/h9,18H,4-8H2,1-3H3/t9-,17?/m0/s1. The van der Waals surface area contributed by atoms with Crippen LogP contribution in [0.5, 0.6) is 0 Å². The van der Waals surface area contributed by atoms with E-state index < -0.39 is 41.5 Å². The highest BCUT2D eigenvalue weighted by Crippen LogP contribution is 2.30. The van der Waals surface area contributed by atoms with Crippen molar-refractivity contribution in [2.45, 2.75) is 38.5 Å². The number of hydrogen-bond acceptors (Lipinski definition) is 4. The van der Waals surface area contributed by atoms with Gasteiger partial charge in [0, 0.05) is 6.54 Å². The minimum Gasteiger partial charge on any atom is -0.498 e. The Hall–Kier alpha value is -0.860. The molecule has 8 heteroatoms. The quantitative estimate of drug-likeness (QED) is 0.739. The molecule has 1 unspecified atom stereocenters. The number of carbonyl (C=O) groups excluding carboxylic acids is 1. The van der Waals surface area contributed by atoms with Gasteiger partial charge in [0.25, 0.3) is 6.09 Å². The molecule has 1 amide bonds. The molecule has 0 aromatic rings. The fraction of sp³-hybridized carbons (Fsp3) is 0.917. The van der Waals surface area contributed by atoms with Crippen molar-refractivity contribution < 1.29 is 32.7 Å². The Labute approximate surface area is 116 Å². The zero-order valence-corrected chi connectivity index (χ0v) is 11.9. The summed E-state index contributed by atoms with van der Waals surface area (Å²) in [6.45, 7) is 3.34. The first-order valence-corrected chi connectivity index (χ1v) is 6.43. The van der Waals surface area contributed by atoms with Crippen LogP contribution in [0.2, 0.25) is 0 Å². The van der Waals surface area contributed by atoms with Crippen molar-refractivity contribution in [3.05, 3.63) is 0 Å². The summed E-state index contributed by atoms with van der Waals surface area (Å²) in [5.74, 6) is 0. The summed E-state index contributed by atoms with van der Waals surface area (Å²) in [5, 5.41) is 20.8. The van der Waals surface area contributed by atoms with Gasteiger partial charge in [-0.15, -0.1) is 0 Å². The highest BCUT2D eigenvalue weighted by Gasteiger charge is 2.49. The molecule has 2 atom stereocenters. The molecule has 0 aromatic heterocycles. The van der Waals surface area contributed by atoms with Crippen LogP contribution in [0.4, 0.5) is 18.0 Å². The van der Waals surface area contributed by atoms with Crippen molar-refractivity contribution in [3.8, 4) is 0 Å². The molecule has 1 N–H and O–H groups in total. The first-order valence-electron chi connectivity index (χ1n) is 6.43. The van der Waals surface area contributed by atoms with Crippen LogP contribution in [0.1, 0.15) is 20.8 Å². The number of amides is 1. The number of halogens is 3. The van der Waals surface area contributed by atoms with Crippen LogP contribution in [0.3, 0.4) is 0 Å². The number of nitrogens with zero attached hydrogens (tertiary/aromatic N) is 2. The van der Waals surface area contributed by atoms with Crippen LogP contribution in [0.25, 0.3) is 0 Å². The van der Waals surface area contributed by atoms with Gasteiger partial charge in [0.05, 0.1) is 31.3 Å². The van der Waals surface area contributed by atoms with Crippen LogP contribution in [0, 0.1) is 0 Å². The SMILES string of the molecule is CC(C)(C)[N+]1(C(=O)[O-])CCN(CC(F)(F)F)[C@H](CO)C1. The molecule has 1 aliphatic heterocycles. The number of piperazine rings is 1. The average molecular weight is 298 g/mol. The Morgan fingerprint density at radius 1 is 1.40 bits per heavy atom. The molecule has 20 heavy (non-hydrogen) atoms. The fourth-order valence-corrected chi connectivity index (χ4v) is 2.71. The van der Waals surface area contributed by atoms with E-state index in [1.54, 1.807) is 20.8 Å². The predicted molar refractivity (Wildman–Crippen MR) is 63.6 cm³/mol. The van der Waals surface area contributed by atoms with Crippen LogP contribution >= 0.6 is 0 Å². The second-order valence-corrected chi connectivity index (χ2v) is 6.23. The van der Waals surface area contributed by atoms with Gasteiger partial charge in [-0.1, -0.05) is 0 Å². The summed E-state index contributed by atoms with van der Waals surface area (Å²) >= 11 is 0. The lowest BCUT2D eigenvalue weighted by Gasteiger charge is -2.54. The monoisotopic (exact) mass is 298 g/mol. The minimum atomic E-state index is -4.37. The average Bonchev–Trinajstić information content (AvgIpc) is 2.25. The Morgan fingerprint density at radius 3 is 2.30 bits per heavy atom. The Morgan fingerprint density at radius 2 is 1.95 bits per heavy atom. The second kappa shape index (κ2) is 5.50. The summed E-state index contributed by atoms with van der Waals surface area (Å²) in [6.07, 6.45) is -5.69. The molecular weight excluding hydrogens is 277 g/mol. The molecule has 118 valence electrons. The molecular formula is C12H21F3N2O3. The van der Waals surface area contributed by atoms with Gasteiger partial charge in [0.15, 0.2) is 0 Å². The number of aliphatic hydroxyl groups excluding tert-OH is 1. The number of aliphatic hydroxyl groups is 1. The maximum absolute atomic E-state index is 12.5. The summed E-state index contributed by atoms with van der Waals surface area (Å²) in [6, 6.07) is -0.845. The zero-order chi connectivity index (χ0) is 15.8. The van der Waals surface area contributed by atoms with E-state index in [0.29, 0.717) is 0 Å². The molecule has 1 fully saturated rings. The highest BCUT2D eigenvalue weighted by atomic mass is 19.4. The summed E-state index contributed by atoms with van der Waals surface area (Å²) in [4.78, 5) is 12.6. The Kier molecular flexibility index (Phi) is 4.72. The van der Waals surface area contributed by atoms with E-state index in [1.165, 1.54) is 0 Å². The Bertz CT molecular complexity index is 368. The second-order valence-electron chi connectivity index (χ2n) is 6.23. The van der Waals surface area contributed by atoms with E-state index in [2.05, 4.69) is 0 Å². The van der Waals surface area contributed by atoms with E-state index in [4.69, 9.17) is 0 Å². The number of carboxylic acid groups (broad SMARTS) is 1. The first kappa shape index (κ1) is 17.2. The number of quaternary nitrogens is 1. The number of rotatable bonds is 2. The third kappa shape index (κ3) is 3.42. The molecule has 0 bridgehead atoms. The largest absolute Gasteiger partial charge is 0.498 e. The number of alkyl halides is 3. The molecule has 0 radical (unpaired) electrons. The van der Waals surface area contributed by atoms with Crippen molar-refractivity contribution in [3.63, 3.8) is 0 Å². The van der Waals surface area contributed by atoms with Crippen molar-refractivity contribution in [1.82, 2.24) is 4.90 Å². The third-order valence-electron chi connectivity index (χ3n) is 4.03. The third-order valence-corrected chi connectivity index (χ3v) is 4.03. The molecule has 1 saturated heterocycles. The summed E-state index contributed by atoms with van der Waals surface area (Å²) < 4.78 is 37.0. The molecule has 5 nitrogen and oxygen atoms in total. The van der Waals surface area contributed by atoms with E-state index in [-0.39, 0.29) is 19.6 Å². The van der Waals surface area contributed by atoms with Crippen LogP contribution in [-0.4, -0.2) is 71.1 Å². The van der Waals surface area contributed by atoms with Gasteiger partial charge in [-0.3, -0.25) is 9.38 Å². The maximum atomic E-state index is 12.5. The van der Waals surface area contributed by atoms with Crippen LogP contribution in [0.15, 0.2) is 0 Å². The first-order chi connectivity index (χ1) is 8.93. The van der Waals surface area contributed by atoms with Gasteiger partial charge in [-0.05, 0) is 20.8 Å². The van der Waals surface area contributed by atoms with E-state index in [1.807, 2.05) is 0 Å². The summed E-state index contributed by atoms with van der Waals surface area (Å²) in [7, 11) is 0. The van der Waals surface area contributed by atoms with Gasteiger partial charge in [-0.25, -0.2) is 0 Å². The molecule has 1 rings (SSSR count). The van der Waals surface area contributed by atoms with Crippen LogP contribution in [-0.2, 0) is 0 Å². The van der Waals surface area contributed by atoms with Gasteiger partial charge < -0.3 is 15.0 Å². The lowest BCUT2D eigenvalue weighted by molar-refractivity contribution is -0.926. The van der Waals surface area contributed by atoms with Crippen molar-refractivity contribution in [2.24, 2.45) is 0 Å². The van der Waals surface area contributed by atoms with Gasteiger partial charge in [0.1, 0.15) is 6.54 Å². The predicted octanol–water partition coefficient (Wildman–Crippen LogP) is 0.184. The molecule has 0 saturated carbocycles. The zero-order valence-electron chi connectivity index (χ0n) is 11.9. The fourth-order valence-electron chi connectivity index (χ4n) is 2.71. The lowest BCUT2D eigenvalue weighted by Crippen LogP contribution is -2.75. The lowest BCUT2D eigenvalue weighted by atomic mass is 9.97. The molecule has 0 aliphatic carbocycles. The van der Waals surface area contributed by atoms with Crippen molar-refractivity contribution in [2.75, 3.05) is 32.8 Å². The van der Waals surface area contributed by atoms with E-state index >= 15 is 0 Å². The van der Waals surface area contributed by atoms with Crippen LogP contribution < -0.4 is 5.11 Å².